The lowest BCUT2D eigenvalue weighted by Crippen LogP contribution is -2.10. The molecule has 25 heavy (non-hydrogen) atoms. The summed E-state index contributed by atoms with van der Waals surface area (Å²) in [6.07, 6.45) is -0.0272. The second-order valence-electron chi connectivity index (χ2n) is 6.36. The van der Waals surface area contributed by atoms with E-state index in [1.165, 1.54) is 0 Å². The molecule has 6 nitrogen and oxygen atoms in total. The van der Waals surface area contributed by atoms with Crippen molar-refractivity contribution in [1.29, 1.82) is 0 Å². The van der Waals surface area contributed by atoms with E-state index in [0.29, 0.717) is 0 Å². The Bertz CT molecular complexity index is 946. The lowest BCUT2D eigenvalue weighted by Gasteiger charge is -2.20. The Kier molecular flexibility index (Phi) is 4.55. The number of aryl methyl sites for hydroxylation is 3. The number of carboxylic acid groups (broad SMARTS) is 1. The minimum Gasteiger partial charge on any atom is -0.481 e. The van der Waals surface area contributed by atoms with Gasteiger partial charge in [-0.05, 0) is 47.7 Å². The number of aliphatic carboxylic acids is 1. The molecule has 3 rings (SSSR count). The van der Waals surface area contributed by atoms with Gasteiger partial charge in [0.25, 0.3) is 0 Å². The molecule has 6 heteroatoms. The summed E-state index contributed by atoms with van der Waals surface area (Å²) in [5.41, 5.74) is 6.22. The first-order chi connectivity index (χ1) is 11.9. The molecule has 1 heterocycles. The maximum absolute atomic E-state index is 11.5. The van der Waals surface area contributed by atoms with E-state index in [0.717, 1.165) is 38.9 Å². The van der Waals surface area contributed by atoms with E-state index >= 15 is 0 Å². The van der Waals surface area contributed by atoms with Crippen molar-refractivity contribution in [2.24, 2.45) is 7.05 Å². The molecule has 0 amide bonds. The molecule has 0 unspecified atom stereocenters. The first-order valence-corrected chi connectivity index (χ1v) is 8.13. The quantitative estimate of drug-likeness (QED) is 0.746. The van der Waals surface area contributed by atoms with Crippen LogP contribution < -0.4 is 0 Å². The van der Waals surface area contributed by atoms with Crippen LogP contribution in [0.15, 0.2) is 30.3 Å². The molecular formula is C19H21N3O3. The molecule has 0 aliphatic carbocycles. The van der Waals surface area contributed by atoms with Gasteiger partial charge in [-0.3, -0.25) is 4.79 Å². The molecule has 0 bridgehead atoms. The molecule has 0 saturated carbocycles. The number of carbonyl (C=O) groups is 1. The highest BCUT2D eigenvalue weighted by atomic mass is 16.4. The van der Waals surface area contributed by atoms with Gasteiger partial charge in [-0.2, -0.15) is 0 Å². The molecule has 2 N–H and O–H groups in total. The van der Waals surface area contributed by atoms with E-state index in [9.17, 15) is 15.0 Å². The van der Waals surface area contributed by atoms with Gasteiger partial charge in [0.2, 0.25) is 0 Å². The van der Waals surface area contributed by atoms with Crippen molar-refractivity contribution in [3.05, 3.63) is 58.1 Å². The van der Waals surface area contributed by atoms with Crippen molar-refractivity contribution in [1.82, 2.24) is 15.0 Å². The van der Waals surface area contributed by atoms with Crippen molar-refractivity contribution >= 4 is 17.0 Å². The van der Waals surface area contributed by atoms with Crippen LogP contribution in [0.4, 0.5) is 0 Å². The first kappa shape index (κ1) is 17.1. The lowest BCUT2D eigenvalue weighted by atomic mass is 9.84. The summed E-state index contributed by atoms with van der Waals surface area (Å²) in [7, 11) is 1.83. The Hall–Kier alpha value is -2.73. The van der Waals surface area contributed by atoms with Crippen LogP contribution in [0, 0.1) is 13.8 Å². The number of hydrogen-bond donors (Lipinski definition) is 2. The van der Waals surface area contributed by atoms with E-state index in [-0.39, 0.29) is 18.9 Å². The number of benzene rings is 2. The van der Waals surface area contributed by atoms with Crippen molar-refractivity contribution < 1.29 is 15.0 Å². The summed E-state index contributed by atoms with van der Waals surface area (Å²) in [5.74, 6) is -1.18. The molecule has 0 spiro atoms. The fourth-order valence-corrected chi connectivity index (χ4v) is 3.29. The summed E-state index contributed by atoms with van der Waals surface area (Å²) in [6.45, 7) is 3.81. The maximum atomic E-state index is 11.5. The number of rotatable bonds is 5. The molecule has 130 valence electrons. The van der Waals surface area contributed by atoms with Crippen LogP contribution >= 0.6 is 0 Å². The number of aliphatic hydroxyl groups is 1. The van der Waals surface area contributed by atoms with Crippen molar-refractivity contribution in [3.8, 4) is 0 Å². The van der Waals surface area contributed by atoms with Crippen LogP contribution in [0.5, 0.6) is 0 Å². The SMILES string of the molecule is Cc1ccc([C@H](CC(=O)O)c2ccc3c(nnn3C)c2C)cc1CO. The lowest BCUT2D eigenvalue weighted by molar-refractivity contribution is -0.137. The number of fused-ring (bicyclic) bond motifs is 1. The second-order valence-corrected chi connectivity index (χ2v) is 6.36. The minimum absolute atomic E-state index is 0.0272. The summed E-state index contributed by atoms with van der Waals surface area (Å²) < 4.78 is 1.70. The monoisotopic (exact) mass is 339 g/mol. The van der Waals surface area contributed by atoms with Gasteiger partial charge in [-0.15, -0.1) is 5.10 Å². The van der Waals surface area contributed by atoms with Gasteiger partial charge in [0.15, 0.2) is 0 Å². The van der Waals surface area contributed by atoms with Gasteiger partial charge in [0, 0.05) is 13.0 Å². The van der Waals surface area contributed by atoms with Crippen LogP contribution in [0.1, 0.15) is 40.2 Å². The first-order valence-electron chi connectivity index (χ1n) is 8.13. The number of aliphatic hydroxyl groups excluding tert-OH is 1. The highest BCUT2D eigenvalue weighted by Gasteiger charge is 2.22. The molecular weight excluding hydrogens is 318 g/mol. The maximum Gasteiger partial charge on any atom is 0.304 e. The average molecular weight is 339 g/mol. The summed E-state index contributed by atoms with van der Waals surface area (Å²) in [4.78, 5) is 11.5. The molecule has 2 aromatic carbocycles. The summed E-state index contributed by atoms with van der Waals surface area (Å²) in [6, 6.07) is 9.62. The standard InChI is InChI=1S/C19H21N3O3/c1-11-4-5-13(8-14(11)10-23)16(9-18(24)25)15-6-7-17-19(12(15)2)20-21-22(17)3/h4-8,16,23H,9-10H2,1-3H3,(H,24,25)/t16-/m0/s1. The molecule has 1 aromatic heterocycles. The Morgan fingerprint density at radius 3 is 2.68 bits per heavy atom. The van der Waals surface area contributed by atoms with Crippen LogP contribution in [0.25, 0.3) is 11.0 Å². The van der Waals surface area contributed by atoms with Gasteiger partial charge in [-0.1, -0.05) is 29.5 Å². The van der Waals surface area contributed by atoms with Crippen LogP contribution in [-0.4, -0.2) is 31.2 Å². The fourth-order valence-electron chi connectivity index (χ4n) is 3.29. The highest BCUT2D eigenvalue weighted by molar-refractivity contribution is 5.80. The third kappa shape index (κ3) is 3.13. The second kappa shape index (κ2) is 6.64. The zero-order chi connectivity index (χ0) is 18.1. The number of nitrogens with zero attached hydrogens (tertiary/aromatic N) is 3. The smallest absolute Gasteiger partial charge is 0.304 e. The normalized spacial score (nSPS) is 12.5. The van der Waals surface area contributed by atoms with Crippen molar-refractivity contribution in [2.75, 3.05) is 0 Å². The zero-order valence-electron chi connectivity index (χ0n) is 14.5. The topological polar surface area (TPSA) is 88.2 Å². The van der Waals surface area contributed by atoms with Crippen molar-refractivity contribution in [2.45, 2.75) is 32.8 Å². The fraction of sp³-hybridized carbons (Fsp3) is 0.316. The summed E-state index contributed by atoms with van der Waals surface area (Å²) >= 11 is 0. The molecule has 0 aliphatic heterocycles. The minimum atomic E-state index is -0.866. The van der Waals surface area contributed by atoms with Crippen LogP contribution in [0.3, 0.4) is 0 Å². The number of aromatic nitrogens is 3. The molecule has 0 saturated heterocycles. The van der Waals surface area contributed by atoms with E-state index < -0.39 is 5.97 Å². The molecule has 0 radical (unpaired) electrons. The zero-order valence-corrected chi connectivity index (χ0v) is 14.5. The third-order valence-electron chi connectivity index (χ3n) is 4.78. The largest absolute Gasteiger partial charge is 0.481 e. The van der Waals surface area contributed by atoms with Gasteiger partial charge < -0.3 is 10.2 Å². The Labute approximate surface area is 145 Å². The van der Waals surface area contributed by atoms with Gasteiger partial charge in [-0.25, -0.2) is 4.68 Å². The van der Waals surface area contributed by atoms with Crippen LogP contribution in [0.2, 0.25) is 0 Å². The highest BCUT2D eigenvalue weighted by Crippen LogP contribution is 2.34. The van der Waals surface area contributed by atoms with E-state index in [1.807, 2.05) is 51.2 Å². The van der Waals surface area contributed by atoms with Gasteiger partial charge in [0.1, 0.15) is 5.52 Å². The molecule has 0 aliphatic rings. The predicted molar refractivity (Wildman–Crippen MR) is 94.4 cm³/mol. The van der Waals surface area contributed by atoms with Gasteiger partial charge >= 0.3 is 5.97 Å². The molecule has 0 fully saturated rings. The third-order valence-corrected chi connectivity index (χ3v) is 4.78. The predicted octanol–water partition coefficient (Wildman–Crippen LogP) is 2.68. The van der Waals surface area contributed by atoms with Crippen LogP contribution in [-0.2, 0) is 18.4 Å². The van der Waals surface area contributed by atoms with Gasteiger partial charge in [0.05, 0.1) is 18.5 Å². The van der Waals surface area contributed by atoms with E-state index in [1.54, 1.807) is 4.68 Å². The Morgan fingerprint density at radius 1 is 1.24 bits per heavy atom. The summed E-state index contributed by atoms with van der Waals surface area (Å²) in [5, 5.41) is 27.2. The number of carboxylic acids is 1. The van der Waals surface area contributed by atoms with E-state index in [2.05, 4.69) is 10.3 Å². The van der Waals surface area contributed by atoms with E-state index in [4.69, 9.17) is 0 Å². The number of hydrogen-bond acceptors (Lipinski definition) is 4. The molecule has 3 aromatic rings. The Morgan fingerprint density at radius 2 is 2.00 bits per heavy atom. The Balaban J connectivity index is 2.16. The molecule has 1 atom stereocenters. The van der Waals surface area contributed by atoms with Crippen molar-refractivity contribution in [3.63, 3.8) is 0 Å². The average Bonchev–Trinajstić information content (AvgIpc) is 2.96.